The van der Waals surface area contributed by atoms with Gasteiger partial charge < -0.3 is 19.5 Å². The smallest absolute Gasteiger partial charge is 0.303 e. The van der Waals surface area contributed by atoms with E-state index in [1.54, 1.807) is 19.2 Å². The summed E-state index contributed by atoms with van der Waals surface area (Å²) in [6.45, 7) is 2.40. The second-order valence-electron chi connectivity index (χ2n) is 10.2. The average molecular weight is 504 g/mol. The molecule has 194 valence electrons. The van der Waals surface area contributed by atoms with Gasteiger partial charge >= 0.3 is 5.97 Å². The Kier molecular flexibility index (Phi) is 7.63. The Morgan fingerprint density at radius 1 is 1.00 bits per heavy atom. The van der Waals surface area contributed by atoms with E-state index < -0.39 is 5.97 Å². The Bertz CT molecular complexity index is 1230. The highest BCUT2D eigenvalue weighted by Crippen LogP contribution is 2.45. The molecule has 3 aromatic rings. The lowest BCUT2D eigenvalue weighted by atomic mass is 9.91. The summed E-state index contributed by atoms with van der Waals surface area (Å²) in [6, 6.07) is 20.7. The van der Waals surface area contributed by atoms with Crippen molar-refractivity contribution in [2.24, 2.45) is 11.8 Å². The molecule has 0 aromatic heterocycles. The first kappa shape index (κ1) is 25.1. The van der Waals surface area contributed by atoms with Gasteiger partial charge in [0.2, 0.25) is 0 Å². The van der Waals surface area contributed by atoms with Crippen molar-refractivity contribution in [1.82, 2.24) is 0 Å². The second kappa shape index (κ2) is 11.2. The van der Waals surface area contributed by atoms with Gasteiger partial charge in [-0.25, -0.2) is 4.39 Å². The topological polar surface area (TPSA) is 59.0 Å². The molecule has 37 heavy (non-hydrogen) atoms. The van der Waals surface area contributed by atoms with E-state index in [2.05, 4.69) is 4.90 Å². The number of anilines is 1. The predicted octanol–water partition coefficient (Wildman–Crippen LogP) is 6.77. The molecule has 0 spiro atoms. The van der Waals surface area contributed by atoms with E-state index in [-0.39, 0.29) is 18.2 Å². The summed E-state index contributed by atoms with van der Waals surface area (Å²) in [6.07, 6.45) is 4.37. The van der Waals surface area contributed by atoms with Gasteiger partial charge in [-0.15, -0.1) is 0 Å². The number of hydrogen-bond donors (Lipinski definition) is 1. The summed E-state index contributed by atoms with van der Waals surface area (Å²) in [7, 11) is 1.66. The van der Waals surface area contributed by atoms with Gasteiger partial charge in [0, 0.05) is 30.4 Å². The maximum atomic E-state index is 13.9. The van der Waals surface area contributed by atoms with Crippen molar-refractivity contribution in [3.8, 4) is 22.6 Å². The van der Waals surface area contributed by atoms with Crippen LogP contribution in [0.2, 0.25) is 0 Å². The molecule has 1 heterocycles. The number of aliphatic carboxylic acids is 1. The third-order valence-corrected chi connectivity index (χ3v) is 7.65. The van der Waals surface area contributed by atoms with Crippen LogP contribution in [0.4, 0.5) is 10.1 Å². The SMILES string of the molecule is COc1ccc(-c2cccc(F)c2)c(N2CCC(COc3cccc([C@@H](CC(=O)O)C4CC4)c3)CC2)c1. The van der Waals surface area contributed by atoms with Crippen molar-refractivity contribution in [2.75, 3.05) is 31.7 Å². The Hall–Kier alpha value is -3.54. The summed E-state index contributed by atoms with van der Waals surface area (Å²) in [5.41, 5.74) is 3.98. The number of carboxylic acids is 1. The predicted molar refractivity (Wildman–Crippen MR) is 143 cm³/mol. The first-order valence-corrected chi connectivity index (χ1v) is 13.1. The third kappa shape index (κ3) is 6.24. The normalized spacial score (nSPS) is 16.9. The quantitative estimate of drug-likeness (QED) is 0.331. The molecule has 1 atom stereocenters. The standard InChI is InChI=1S/C31H34FNO4/c1-36-26-10-11-28(23-4-2-6-25(32)16-23)30(18-26)33-14-12-21(13-15-33)20-37-27-7-3-5-24(17-27)29(19-31(34)35)22-8-9-22/h2-7,10-11,16-18,21-22,29H,8-9,12-15,19-20H2,1H3,(H,34,35)/t29-/m0/s1. The van der Waals surface area contributed by atoms with Gasteiger partial charge in [0.05, 0.1) is 20.1 Å². The number of ether oxygens (including phenoxy) is 2. The largest absolute Gasteiger partial charge is 0.497 e. The maximum Gasteiger partial charge on any atom is 0.303 e. The first-order valence-electron chi connectivity index (χ1n) is 13.1. The summed E-state index contributed by atoms with van der Waals surface area (Å²) >= 11 is 0. The van der Waals surface area contributed by atoms with Gasteiger partial charge in [0.25, 0.3) is 0 Å². The zero-order valence-electron chi connectivity index (χ0n) is 21.2. The molecule has 0 unspecified atom stereocenters. The minimum atomic E-state index is -0.744. The van der Waals surface area contributed by atoms with Crippen molar-refractivity contribution in [3.63, 3.8) is 0 Å². The Morgan fingerprint density at radius 2 is 1.78 bits per heavy atom. The van der Waals surface area contributed by atoms with Crippen molar-refractivity contribution < 1.29 is 23.8 Å². The minimum absolute atomic E-state index is 0.0689. The second-order valence-corrected chi connectivity index (χ2v) is 10.2. The van der Waals surface area contributed by atoms with Crippen LogP contribution in [0.1, 0.15) is 43.6 Å². The molecule has 1 aliphatic heterocycles. The fourth-order valence-electron chi connectivity index (χ4n) is 5.43. The summed E-state index contributed by atoms with van der Waals surface area (Å²) in [5.74, 6) is 1.59. The van der Waals surface area contributed by atoms with Crippen LogP contribution >= 0.6 is 0 Å². The highest BCUT2D eigenvalue weighted by Gasteiger charge is 2.34. The van der Waals surface area contributed by atoms with Crippen molar-refractivity contribution in [1.29, 1.82) is 0 Å². The molecule has 1 saturated heterocycles. The van der Waals surface area contributed by atoms with Crippen LogP contribution in [0.3, 0.4) is 0 Å². The third-order valence-electron chi connectivity index (χ3n) is 7.65. The van der Waals surface area contributed by atoms with Gasteiger partial charge in [0.15, 0.2) is 0 Å². The maximum absolute atomic E-state index is 13.9. The van der Waals surface area contributed by atoms with Crippen molar-refractivity contribution in [3.05, 3.63) is 78.1 Å². The molecule has 1 aliphatic carbocycles. The fraction of sp³-hybridized carbons (Fsp3) is 0.387. The van der Waals surface area contributed by atoms with Crippen LogP contribution in [0.15, 0.2) is 66.7 Å². The number of methoxy groups -OCH3 is 1. The average Bonchev–Trinajstić information content (AvgIpc) is 3.76. The van der Waals surface area contributed by atoms with Crippen LogP contribution in [-0.2, 0) is 4.79 Å². The summed E-state index contributed by atoms with van der Waals surface area (Å²) in [5, 5.41) is 9.33. The lowest BCUT2D eigenvalue weighted by Crippen LogP contribution is -2.35. The highest BCUT2D eigenvalue weighted by molar-refractivity contribution is 5.80. The molecular weight excluding hydrogens is 469 g/mol. The zero-order valence-corrected chi connectivity index (χ0v) is 21.2. The molecule has 5 rings (SSSR count). The molecule has 2 aliphatic rings. The van der Waals surface area contributed by atoms with Gasteiger partial charge in [-0.2, -0.15) is 0 Å². The molecule has 0 bridgehead atoms. The highest BCUT2D eigenvalue weighted by atomic mass is 19.1. The van der Waals surface area contributed by atoms with E-state index in [4.69, 9.17) is 9.47 Å². The molecule has 1 N–H and O–H groups in total. The number of hydrogen-bond acceptors (Lipinski definition) is 4. The van der Waals surface area contributed by atoms with Gasteiger partial charge in [-0.1, -0.05) is 24.3 Å². The number of carbonyl (C=O) groups is 1. The van der Waals surface area contributed by atoms with Gasteiger partial charge in [-0.05, 0) is 91.0 Å². The number of nitrogens with zero attached hydrogens (tertiary/aromatic N) is 1. The van der Waals surface area contributed by atoms with Crippen molar-refractivity contribution in [2.45, 2.75) is 38.0 Å². The lowest BCUT2D eigenvalue weighted by molar-refractivity contribution is -0.137. The fourth-order valence-corrected chi connectivity index (χ4v) is 5.43. The molecule has 1 saturated carbocycles. The Balaban J connectivity index is 1.22. The van der Waals surface area contributed by atoms with E-state index in [1.165, 1.54) is 6.07 Å². The van der Waals surface area contributed by atoms with E-state index in [0.29, 0.717) is 18.4 Å². The number of benzene rings is 3. The van der Waals surface area contributed by atoms with Gasteiger partial charge in [0.1, 0.15) is 17.3 Å². The first-order chi connectivity index (χ1) is 18.0. The van der Waals surface area contributed by atoms with E-state index in [9.17, 15) is 14.3 Å². The van der Waals surface area contributed by atoms with Crippen LogP contribution in [-0.4, -0.2) is 37.9 Å². The van der Waals surface area contributed by atoms with Crippen LogP contribution in [0.5, 0.6) is 11.5 Å². The Morgan fingerprint density at radius 3 is 2.49 bits per heavy atom. The number of halogens is 1. The van der Waals surface area contributed by atoms with E-state index in [1.807, 2.05) is 48.5 Å². The minimum Gasteiger partial charge on any atom is -0.497 e. The number of rotatable bonds is 10. The number of piperidine rings is 1. The molecule has 2 fully saturated rings. The molecular formula is C31H34FNO4. The molecule has 6 heteroatoms. The van der Waals surface area contributed by atoms with E-state index >= 15 is 0 Å². The molecule has 5 nitrogen and oxygen atoms in total. The number of carboxylic acid groups (broad SMARTS) is 1. The van der Waals surface area contributed by atoms with Crippen LogP contribution < -0.4 is 14.4 Å². The van der Waals surface area contributed by atoms with Gasteiger partial charge in [-0.3, -0.25) is 4.79 Å². The molecule has 3 aromatic carbocycles. The van der Waals surface area contributed by atoms with E-state index in [0.717, 1.165) is 72.6 Å². The zero-order chi connectivity index (χ0) is 25.8. The van der Waals surface area contributed by atoms with Crippen molar-refractivity contribution >= 4 is 11.7 Å². The van der Waals surface area contributed by atoms with Crippen LogP contribution in [0, 0.1) is 17.7 Å². The molecule has 0 amide bonds. The summed E-state index contributed by atoms with van der Waals surface area (Å²) in [4.78, 5) is 13.7. The Labute approximate surface area is 217 Å². The lowest BCUT2D eigenvalue weighted by Gasteiger charge is -2.35. The van der Waals surface area contributed by atoms with Crippen LogP contribution in [0.25, 0.3) is 11.1 Å². The summed E-state index contributed by atoms with van der Waals surface area (Å²) < 4.78 is 25.6. The monoisotopic (exact) mass is 503 g/mol. The molecule has 0 radical (unpaired) electrons.